The van der Waals surface area contributed by atoms with E-state index in [0.29, 0.717) is 16.3 Å². The molecule has 0 saturated carbocycles. The van der Waals surface area contributed by atoms with Gasteiger partial charge in [0.2, 0.25) is 11.8 Å². The Bertz CT molecular complexity index is 1570. The summed E-state index contributed by atoms with van der Waals surface area (Å²) in [6.07, 6.45) is 0. The molecule has 0 aromatic heterocycles. The lowest BCUT2D eigenvalue weighted by Crippen LogP contribution is -2.54. The van der Waals surface area contributed by atoms with Crippen LogP contribution < -0.4 is 19.1 Å². The van der Waals surface area contributed by atoms with Crippen molar-refractivity contribution >= 4 is 50.7 Å². The fraction of sp³-hybridized carbons (Fsp3) is 0.355. The van der Waals surface area contributed by atoms with E-state index in [0.717, 1.165) is 9.87 Å². The SMILES string of the molecule is COc1ccc(S(=O)(=O)N(CC(=O)N(Cc2ccc(Cl)c(Cl)c2)C(C)C(=O)NC(C)(C)C)c2ccc(C)cc2)cc1OC. The Balaban J connectivity index is 2.09. The molecule has 232 valence electrons. The van der Waals surface area contributed by atoms with E-state index in [-0.39, 0.29) is 27.9 Å². The number of halogens is 2. The molecule has 0 fully saturated rings. The third-order valence-electron chi connectivity index (χ3n) is 6.55. The summed E-state index contributed by atoms with van der Waals surface area (Å²) in [5.74, 6) is -0.434. The molecule has 3 aromatic carbocycles. The first-order valence-corrected chi connectivity index (χ1v) is 15.6. The van der Waals surface area contributed by atoms with Crippen LogP contribution in [0.1, 0.15) is 38.8 Å². The van der Waals surface area contributed by atoms with E-state index in [4.69, 9.17) is 32.7 Å². The third kappa shape index (κ3) is 8.55. The highest BCUT2D eigenvalue weighted by atomic mass is 35.5. The molecule has 0 aliphatic heterocycles. The minimum absolute atomic E-state index is 0.0212. The minimum Gasteiger partial charge on any atom is -0.493 e. The number of carbonyl (C=O) groups excluding carboxylic acids is 2. The van der Waals surface area contributed by atoms with E-state index < -0.39 is 40.0 Å². The number of hydrogen-bond acceptors (Lipinski definition) is 6. The Kier molecular flexibility index (Phi) is 11.0. The summed E-state index contributed by atoms with van der Waals surface area (Å²) in [4.78, 5) is 28.6. The van der Waals surface area contributed by atoms with Crippen molar-refractivity contribution in [1.29, 1.82) is 0 Å². The topological polar surface area (TPSA) is 105 Å². The highest BCUT2D eigenvalue weighted by Crippen LogP contribution is 2.32. The number of rotatable bonds is 11. The molecular weight excluding hydrogens is 613 g/mol. The lowest BCUT2D eigenvalue weighted by molar-refractivity contribution is -0.140. The predicted molar refractivity (Wildman–Crippen MR) is 170 cm³/mol. The second-order valence-electron chi connectivity index (χ2n) is 11.0. The molecule has 2 amide bonds. The first-order chi connectivity index (χ1) is 20.1. The fourth-order valence-corrected chi connectivity index (χ4v) is 5.99. The van der Waals surface area contributed by atoms with Crippen LogP contribution in [-0.2, 0) is 26.2 Å². The summed E-state index contributed by atoms with van der Waals surface area (Å²) >= 11 is 12.3. The molecule has 0 spiro atoms. The zero-order chi connectivity index (χ0) is 32.1. The fourth-order valence-electron chi connectivity index (χ4n) is 4.24. The Hall–Kier alpha value is -3.47. The number of sulfonamides is 1. The highest BCUT2D eigenvalue weighted by molar-refractivity contribution is 7.92. The van der Waals surface area contributed by atoms with Crippen molar-refractivity contribution < 1.29 is 27.5 Å². The third-order valence-corrected chi connectivity index (χ3v) is 9.06. The van der Waals surface area contributed by atoms with Crippen LogP contribution >= 0.6 is 23.2 Å². The average molecular weight is 651 g/mol. The summed E-state index contributed by atoms with van der Waals surface area (Å²) in [5.41, 5.74) is 1.24. The van der Waals surface area contributed by atoms with E-state index in [1.165, 1.54) is 37.3 Å². The van der Waals surface area contributed by atoms with Crippen molar-refractivity contribution in [3.63, 3.8) is 0 Å². The number of nitrogens with one attached hydrogen (secondary N) is 1. The lowest BCUT2D eigenvalue weighted by atomic mass is 10.1. The van der Waals surface area contributed by atoms with Gasteiger partial charge in [0.15, 0.2) is 11.5 Å². The van der Waals surface area contributed by atoms with E-state index in [1.54, 1.807) is 49.4 Å². The number of anilines is 1. The average Bonchev–Trinajstić information content (AvgIpc) is 2.95. The van der Waals surface area contributed by atoms with Gasteiger partial charge >= 0.3 is 0 Å². The number of ether oxygens (including phenoxy) is 2. The zero-order valence-electron chi connectivity index (χ0n) is 25.3. The molecule has 9 nitrogen and oxygen atoms in total. The van der Waals surface area contributed by atoms with Crippen LogP contribution in [0.5, 0.6) is 11.5 Å². The Morgan fingerprint density at radius 2 is 1.53 bits per heavy atom. The maximum atomic E-state index is 14.1. The van der Waals surface area contributed by atoms with Crippen molar-refractivity contribution in [3.05, 3.63) is 81.8 Å². The largest absolute Gasteiger partial charge is 0.493 e. The number of aryl methyl sites for hydroxylation is 1. The number of methoxy groups -OCH3 is 2. The second-order valence-corrected chi connectivity index (χ2v) is 13.7. The van der Waals surface area contributed by atoms with Gasteiger partial charge in [-0.3, -0.25) is 13.9 Å². The standard InChI is InChI=1S/C31H37Cl2N3O6S/c1-20-8-11-23(12-9-20)36(43(39,40)24-13-15-27(41-6)28(17-24)42-7)19-29(37)35(21(2)30(38)34-31(3,4)5)18-22-10-14-25(32)26(33)16-22/h8-17,21H,18-19H2,1-7H3,(H,34,38). The Labute approximate surface area is 263 Å². The molecule has 1 unspecified atom stereocenters. The van der Waals surface area contributed by atoms with Crippen LogP contribution in [0.25, 0.3) is 0 Å². The van der Waals surface area contributed by atoms with Crippen molar-refractivity contribution in [1.82, 2.24) is 10.2 Å². The monoisotopic (exact) mass is 649 g/mol. The van der Waals surface area contributed by atoms with E-state index >= 15 is 0 Å². The smallest absolute Gasteiger partial charge is 0.264 e. The van der Waals surface area contributed by atoms with Crippen molar-refractivity contribution in [2.75, 3.05) is 25.1 Å². The molecule has 3 rings (SSSR count). The van der Waals surface area contributed by atoms with Gasteiger partial charge in [0.05, 0.1) is 34.8 Å². The van der Waals surface area contributed by atoms with Crippen molar-refractivity contribution in [2.45, 2.75) is 57.6 Å². The molecular formula is C31H37Cl2N3O6S. The second kappa shape index (κ2) is 13.9. The molecule has 1 N–H and O–H groups in total. The summed E-state index contributed by atoms with van der Waals surface area (Å²) in [7, 11) is -1.45. The predicted octanol–water partition coefficient (Wildman–Crippen LogP) is 5.85. The molecule has 0 heterocycles. The quantitative estimate of drug-likeness (QED) is 0.280. The van der Waals surface area contributed by atoms with Gasteiger partial charge < -0.3 is 19.7 Å². The first kappa shape index (κ1) is 34.0. The molecule has 1 atom stereocenters. The van der Waals surface area contributed by atoms with Gasteiger partial charge in [-0.2, -0.15) is 0 Å². The Morgan fingerprint density at radius 3 is 2.09 bits per heavy atom. The van der Waals surface area contributed by atoms with E-state index in [9.17, 15) is 18.0 Å². The summed E-state index contributed by atoms with van der Waals surface area (Å²) in [5, 5.41) is 3.52. The minimum atomic E-state index is -4.30. The van der Waals surface area contributed by atoms with Crippen molar-refractivity contribution in [3.8, 4) is 11.5 Å². The van der Waals surface area contributed by atoms with Crippen LogP contribution in [0, 0.1) is 6.92 Å². The van der Waals surface area contributed by atoms with Crippen LogP contribution in [0.4, 0.5) is 5.69 Å². The Morgan fingerprint density at radius 1 is 0.907 bits per heavy atom. The molecule has 0 aliphatic carbocycles. The van der Waals surface area contributed by atoms with Crippen LogP contribution in [0.2, 0.25) is 10.0 Å². The lowest BCUT2D eigenvalue weighted by Gasteiger charge is -2.33. The van der Waals surface area contributed by atoms with Crippen molar-refractivity contribution in [2.24, 2.45) is 0 Å². The molecule has 0 bridgehead atoms. The number of hydrogen-bond donors (Lipinski definition) is 1. The maximum Gasteiger partial charge on any atom is 0.264 e. The van der Waals surface area contributed by atoms with Gasteiger partial charge in [0.1, 0.15) is 12.6 Å². The highest BCUT2D eigenvalue weighted by Gasteiger charge is 2.34. The van der Waals surface area contributed by atoms with Gasteiger partial charge in [-0.15, -0.1) is 0 Å². The molecule has 12 heteroatoms. The molecule has 3 aromatic rings. The molecule has 0 saturated heterocycles. The normalized spacial score (nSPS) is 12.3. The maximum absolute atomic E-state index is 14.1. The first-order valence-electron chi connectivity index (χ1n) is 13.4. The summed E-state index contributed by atoms with van der Waals surface area (Å²) in [6.45, 7) is 8.35. The number of nitrogens with zero attached hydrogens (tertiary/aromatic N) is 2. The van der Waals surface area contributed by atoms with Gasteiger partial charge in [0, 0.05) is 18.2 Å². The summed E-state index contributed by atoms with van der Waals surface area (Å²) in [6, 6.07) is 14.9. The number of benzene rings is 3. The molecule has 43 heavy (non-hydrogen) atoms. The van der Waals surface area contributed by atoms with Gasteiger partial charge in [-0.1, -0.05) is 47.0 Å². The van der Waals surface area contributed by atoms with Crippen LogP contribution in [0.3, 0.4) is 0 Å². The van der Waals surface area contributed by atoms with Gasteiger partial charge in [-0.05, 0) is 76.6 Å². The van der Waals surface area contributed by atoms with Crippen LogP contribution in [0.15, 0.2) is 65.6 Å². The molecule has 0 aliphatic rings. The number of amides is 2. The molecule has 0 radical (unpaired) electrons. The van der Waals surface area contributed by atoms with E-state index in [1.807, 2.05) is 27.7 Å². The number of carbonyl (C=O) groups is 2. The summed E-state index contributed by atoms with van der Waals surface area (Å²) < 4.78 is 39.9. The van der Waals surface area contributed by atoms with Gasteiger partial charge in [-0.25, -0.2) is 8.42 Å². The van der Waals surface area contributed by atoms with E-state index in [2.05, 4.69) is 5.32 Å². The van der Waals surface area contributed by atoms with Gasteiger partial charge in [0.25, 0.3) is 10.0 Å². The zero-order valence-corrected chi connectivity index (χ0v) is 27.6. The van der Waals surface area contributed by atoms with Crippen LogP contribution in [-0.4, -0.2) is 57.5 Å².